The van der Waals surface area contributed by atoms with Crippen LogP contribution < -0.4 is 10.0 Å². The molecular formula is C21H22N4O4S3. The number of rotatable bonds is 6. The fraction of sp³-hybridized carbons (Fsp3) is 0.286. The number of hydrogen-bond acceptors (Lipinski definition) is 7. The highest BCUT2D eigenvalue weighted by atomic mass is 32.2. The first-order valence-electron chi connectivity index (χ1n) is 10.0. The maximum Gasteiger partial charge on any atom is 0.271 e. The van der Waals surface area contributed by atoms with Crippen molar-refractivity contribution >= 4 is 55.3 Å². The number of nitrogens with zero attached hydrogens (tertiary/aromatic N) is 2. The molecular weight excluding hydrogens is 468 g/mol. The van der Waals surface area contributed by atoms with E-state index in [1.54, 1.807) is 34.5 Å². The minimum Gasteiger partial charge on any atom is -0.339 e. The van der Waals surface area contributed by atoms with Crippen molar-refractivity contribution in [3.63, 3.8) is 0 Å². The molecule has 0 radical (unpaired) electrons. The van der Waals surface area contributed by atoms with Crippen LogP contribution in [0.1, 0.15) is 28.9 Å². The minimum absolute atomic E-state index is 0.0727. The second-order valence-corrected chi connectivity index (χ2v) is 11.2. The van der Waals surface area contributed by atoms with E-state index in [1.807, 2.05) is 12.3 Å². The lowest BCUT2D eigenvalue weighted by Crippen LogP contribution is -2.41. The third kappa shape index (κ3) is 5.17. The molecule has 1 aliphatic heterocycles. The Balaban J connectivity index is 1.36. The molecule has 0 atom stereocenters. The molecule has 0 bridgehead atoms. The molecule has 0 saturated carbocycles. The van der Waals surface area contributed by atoms with Gasteiger partial charge in [0.15, 0.2) is 5.13 Å². The normalized spacial score (nSPS) is 14.8. The molecule has 1 aromatic carbocycles. The number of benzene rings is 1. The smallest absolute Gasteiger partial charge is 0.271 e. The van der Waals surface area contributed by atoms with Crippen molar-refractivity contribution < 1.29 is 18.0 Å². The molecule has 32 heavy (non-hydrogen) atoms. The maximum absolute atomic E-state index is 13.0. The lowest BCUT2D eigenvalue weighted by atomic mass is 9.95. The van der Waals surface area contributed by atoms with E-state index in [2.05, 4.69) is 15.0 Å². The molecule has 0 spiro atoms. The summed E-state index contributed by atoms with van der Waals surface area (Å²) >= 11 is 2.52. The molecule has 168 valence electrons. The molecule has 2 aromatic heterocycles. The zero-order valence-corrected chi connectivity index (χ0v) is 19.7. The number of likely N-dealkylation sites (tertiary alicyclic amines) is 1. The van der Waals surface area contributed by atoms with Crippen LogP contribution in [0.15, 0.2) is 51.4 Å². The van der Waals surface area contributed by atoms with Crippen LogP contribution in [0.2, 0.25) is 0 Å². The summed E-state index contributed by atoms with van der Waals surface area (Å²) in [4.78, 5) is 31.4. The lowest BCUT2D eigenvalue weighted by Gasteiger charge is -2.31. The van der Waals surface area contributed by atoms with Crippen molar-refractivity contribution in [2.45, 2.75) is 24.0 Å². The van der Waals surface area contributed by atoms with Gasteiger partial charge in [-0.15, -0.1) is 22.7 Å². The summed E-state index contributed by atoms with van der Waals surface area (Å²) in [6.07, 6.45) is 1.12. The largest absolute Gasteiger partial charge is 0.339 e. The highest BCUT2D eigenvalue weighted by molar-refractivity contribution is 7.94. The van der Waals surface area contributed by atoms with E-state index in [4.69, 9.17) is 0 Å². The van der Waals surface area contributed by atoms with Crippen LogP contribution in [0.5, 0.6) is 0 Å². The number of anilines is 2. The molecule has 8 nitrogen and oxygen atoms in total. The topological polar surface area (TPSA) is 108 Å². The Morgan fingerprint density at radius 2 is 1.91 bits per heavy atom. The second-order valence-electron chi connectivity index (χ2n) is 7.47. The number of thiophene rings is 1. The predicted octanol–water partition coefficient (Wildman–Crippen LogP) is 3.80. The molecule has 1 fully saturated rings. The van der Waals surface area contributed by atoms with Gasteiger partial charge >= 0.3 is 0 Å². The van der Waals surface area contributed by atoms with Crippen molar-refractivity contribution in [2.75, 3.05) is 23.1 Å². The van der Waals surface area contributed by atoms with Crippen molar-refractivity contribution in [1.29, 1.82) is 0 Å². The number of piperidine rings is 1. The van der Waals surface area contributed by atoms with Gasteiger partial charge in [0.05, 0.1) is 5.69 Å². The number of thiazole rings is 1. The number of amides is 2. The van der Waals surface area contributed by atoms with Crippen molar-refractivity contribution in [1.82, 2.24) is 9.88 Å². The second kappa shape index (κ2) is 9.39. The van der Waals surface area contributed by atoms with Gasteiger partial charge < -0.3 is 10.2 Å². The van der Waals surface area contributed by atoms with Crippen LogP contribution in [0.4, 0.5) is 10.8 Å². The van der Waals surface area contributed by atoms with Crippen molar-refractivity contribution in [3.05, 3.63) is 58.4 Å². The summed E-state index contributed by atoms with van der Waals surface area (Å²) < 4.78 is 27.6. The molecule has 0 unspecified atom stereocenters. The van der Waals surface area contributed by atoms with Gasteiger partial charge in [-0.1, -0.05) is 12.1 Å². The van der Waals surface area contributed by atoms with Crippen LogP contribution in [0, 0.1) is 12.8 Å². The van der Waals surface area contributed by atoms with Crippen LogP contribution in [-0.2, 0) is 14.8 Å². The van der Waals surface area contributed by atoms with E-state index in [-0.39, 0.29) is 21.9 Å². The number of hydrogen-bond donors (Lipinski definition) is 2. The van der Waals surface area contributed by atoms with Crippen molar-refractivity contribution in [2.24, 2.45) is 5.92 Å². The van der Waals surface area contributed by atoms with Crippen LogP contribution in [0.25, 0.3) is 0 Å². The Kier molecular flexibility index (Phi) is 6.58. The van der Waals surface area contributed by atoms with Gasteiger partial charge in [0.2, 0.25) is 5.91 Å². The van der Waals surface area contributed by atoms with Gasteiger partial charge in [0.1, 0.15) is 4.21 Å². The standard InChI is InChI=1S/C21H22N4O4S3/c1-14-13-31-21(22-14)23-19(26)15-7-9-25(10-8-15)20(27)16-4-2-5-17(12-16)24-32(28,29)18-6-3-11-30-18/h2-6,11-13,15,24H,7-10H2,1H3,(H,22,23,26). The number of aryl methyl sites for hydroxylation is 1. The Morgan fingerprint density at radius 3 is 2.56 bits per heavy atom. The molecule has 2 amide bonds. The summed E-state index contributed by atoms with van der Waals surface area (Å²) in [5.41, 5.74) is 1.60. The number of nitrogens with one attached hydrogen (secondary N) is 2. The van der Waals surface area contributed by atoms with E-state index < -0.39 is 10.0 Å². The Hall–Kier alpha value is -2.76. The molecule has 3 aromatic rings. The van der Waals surface area contributed by atoms with Gasteiger partial charge in [0, 0.05) is 35.6 Å². The Labute approximate surface area is 194 Å². The third-order valence-corrected chi connectivity index (χ3v) is 8.78. The zero-order valence-electron chi connectivity index (χ0n) is 17.3. The van der Waals surface area contributed by atoms with E-state index in [0.29, 0.717) is 42.3 Å². The first-order chi connectivity index (χ1) is 15.3. The van der Waals surface area contributed by atoms with E-state index in [0.717, 1.165) is 17.0 Å². The quantitative estimate of drug-likeness (QED) is 0.546. The molecule has 11 heteroatoms. The van der Waals surface area contributed by atoms with E-state index >= 15 is 0 Å². The SMILES string of the molecule is Cc1csc(NC(=O)C2CCN(C(=O)c3cccc(NS(=O)(=O)c4cccs4)c3)CC2)n1. The number of carbonyl (C=O) groups is 2. The molecule has 4 rings (SSSR count). The van der Waals surface area contributed by atoms with Gasteiger partial charge in [0.25, 0.3) is 15.9 Å². The van der Waals surface area contributed by atoms with Gasteiger partial charge in [-0.05, 0) is 49.4 Å². The molecule has 2 N–H and O–H groups in total. The lowest BCUT2D eigenvalue weighted by molar-refractivity contribution is -0.121. The Morgan fingerprint density at radius 1 is 1.12 bits per heavy atom. The van der Waals surface area contributed by atoms with Gasteiger partial charge in [-0.25, -0.2) is 13.4 Å². The summed E-state index contributed by atoms with van der Waals surface area (Å²) in [6.45, 7) is 2.79. The third-order valence-electron chi connectivity index (χ3n) is 5.12. The monoisotopic (exact) mass is 490 g/mol. The van der Waals surface area contributed by atoms with Gasteiger partial charge in [-0.2, -0.15) is 0 Å². The number of sulfonamides is 1. The summed E-state index contributed by atoms with van der Waals surface area (Å²) in [5, 5.41) is 7.01. The fourth-order valence-electron chi connectivity index (χ4n) is 3.48. The molecule has 1 saturated heterocycles. The minimum atomic E-state index is -3.68. The van der Waals surface area contributed by atoms with Crippen LogP contribution >= 0.6 is 22.7 Å². The summed E-state index contributed by atoms with van der Waals surface area (Å²) in [7, 11) is -3.68. The van der Waals surface area contributed by atoms with Crippen molar-refractivity contribution in [3.8, 4) is 0 Å². The first-order valence-corrected chi connectivity index (χ1v) is 13.2. The summed E-state index contributed by atoms with van der Waals surface area (Å²) in [6, 6.07) is 9.65. The first kappa shape index (κ1) is 22.4. The highest BCUT2D eigenvalue weighted by Crippen LogP contribution is 2.24. The summed E-state index contributed by atoms with van der Waals surface area (Å²) in [5.74, 6) is -0.430. The van der Waals surface area contributed by atoms with Gasteiger partial charge in [-0.3, -0.25) is 14.3 Å². The Bertz CT molecular complexity index is 1210. The highest BCUT2D eigenvalue weighted by Gasteiger charge is 2.28. The maximum atomic E-state index is 13.0. The number of carbonyl (C=O) groups excluding carboxylic acids is 2. The van der Waals surface area contributed by atoms with Crippen LogP contribution in [0.3, 0.4) is 0 Å². The van der Waals surface area contributed by atoms with E-state index in [9.17, 15) is 18.0 Å². The molecule has 3 heterocycles. The molecule has 1 aliphatic rings. The molecule has 0 aliphatic carbocycles. The fourth-order valence-corrected chi connectivity index (χ4v) is 6.22. The predicted molar refractivity (Wildman–Crippen MR) is 126 cm³/mol. The van der Waals surface area contributed by atoms with E-state index in [1.165, 1.54) is 23.5 Å². The van der Waals surface area contributed by atoms with Crippen LogP contribution in [-0.4, -0.2) is 43.2 Å². The zero-order chi connectivity index (χ0) is 22.7. The average molecular weight is 491 g/mol. The average Bonchev–Trinajstić information content (AvgIpc) is 3.46. The number of aromatic nitrogens is 1.